The fourth-order valence-electron chi connectivity index (χ4n) is 5.04. The van der Waals surface area contributed by atoms with Crippen LogP contribution in [0.5, 0.6) is 23.0 Å². The number of hydrogen-bond acceptors (Lipinski definition) is 11. The van der Waals surface area contributed by atoms with E-state index < -0.39 is 23.5 Å². The molecule has 0 radical (unpaired) electrons. The second-order valence-electron chi connectivity index (χ2n) is 10.00. The van der Waals surface area contributed by atoms with Gasteiger partial charge in [-0.2, -0.15) is 0 Å². The maximum atomic E-state index is 14.2. The Morgan fingerprint density at radius 1 is 1.09 bits per heavy atom. The van der Waals surface area contributed by atoms with Crippen LogP contribution in [0.4, 0.5) is 9.52 Å². The first-order valence-electron chi connectivity index (χ1n) is 14.3. The Hall–Kier alpha value is -4.88. The number of thioether (sulfide) groups is 1. The highest BCUT2D eigenvalue weighted by Crippen LogP contribution is 2.46. The normalized spacial score (nSPS) is 16.8. The number of hydrogen-bond donors (Lipinski definition) is 1. The van der Waals surface area contributed by atoms with Crippen molar-refractivity contribution in [3.05, 3.63) is 101 Å². The van der Waals surface area contributed by atoms with Gasteiger partial charge in [-0.15, -0.1) is 10.2 Å². The molecular weight excluding hydrogens is 634 g/mol. The second-order valence-corrected chi connectivity index (χ2v) is 12.2. The molecular formula is C33H28FN3O7S2. The number of aliphatic hydroxyl groups is 1. The summed E-state index contributed by atoms with van der Waals surface area (Å²) in [7, 11) is 0. The van der Waals surface area contributed by atoms with E-state index in [1.54, 1.807) is 60.7 Å². The fourth-order valence-corrected chi connectivity index (χ4v) is 6.89. The molecule has 0 bridgehead atoms. The number of anilines is 1. The topological polar surface area (TPSA) is 120 Å². The lowest BCUT2D eigenvalue weighted by Gasteiger charge is -2.24. The van der Waals surface area contributed by atoms with Crippen LogP contribution in [-0.4, -0.2) is 53.4 Å². The molecule has 1 atom stereocenters. The minimum absolute atomic E-state index is 0.134. The molecule has 10 nitrogen and oxygen atoms in total. The van der Waals surface area contributed by atoms with Gasteiger partial charge in [0, 0.05) is 11.3 Å². The van der Waals surface area contributed by atoms with Gasteiger partial charge in [-0.3, -0.25) is 14.5 Å². The van der Waals surface area contributed by atoms with Crippen molar-refractivity contribution in [1.29, 1.82) is 0 Å². The molecule has 13 heteroatoms. The summed E-state index contributed by atoms with van der Waals surface area (Å²) in [6.45, 7) is 6.78. The van der Waals surface area contributed by atoms with E-state index in [2.05, 4.69) is 16.8 Å². The molecule has 1 saturated heterocycles. The Kier molecular flexibility index (Phi) is 9.22. The van der Waals surface area contributed by atoms with Crippen LogP contribution in [0.3, 0.4) is 0 Å². The number of rotatable bonds is 11. The van der Waals surface area contributed by atoms with Crippen LogP contribution >= 0.6 is 23.1 Å². The number of aliphatic hydroxyl groups excluding tert-OH is 1. The molecule has 1 N–H and O–H groups in total. The number of amides is 1. The minimum Gasteiger partial charge on any atom is -0.507 e. The SMILES string of the molecule is C=CCOc1ccc(C2/C(=C(\O)c3ccc4c(c3)OCCO4)C(=O)C(=O)N2c2nnc(SCc3ccccc3F)s2)cc1OCC. The maximum Gasteiger partial charge on any atom is 0.301 e. The van der Waals surface area contributed by atoms with Crippen molar-refractivity contribution in [3.63, 3.8) is 0 Å². The van der Waals surface area contributed by atoms with Gasteiger partial charge in [-0.05, 0) is 54.4 Å². The van der Waals surface area contributed by atoms with Crippen LogP contribution < -0.4 is 23.8 Å². The number of aromatic nitrogens is 2. The fraction of sp³-hybridized carbons (Fsp3) is 0.212. The molecule has 0 aliphatic carbocycles. The van der Waals surface area contributed by atoms with E-state index in [4.69, 9.17) is 18.9 Å². The van der Waals surface area contributed by atoms with Crippen molar-refractivity contribution < 1.29 is 38.0 Å². The summed E-state index contributed by atoms with van der Waals surface area (Å²) >= 11 is 2.33. The summed E-state index contributed by atoms with van der Waals surface area (Å²) in [6, 6.07) is 15.1. The Bertz CT molecular complexity index is 1840. The third kappa shape index (κ3) is 6.15. The van der Waals surface area contributed by atoms with Gasteiger partial charge in [0.05, 0.1) is 18.2 Å². The van der Waals surface area contributed by atoms with Crippen LogP contribution in [-0.2, 0) is 15.3 Å². The lowest BCUT2D eigenvalue weighted by Crippen LogP contribution is -2.29. The van der Waals surface area contributed by atoms with E-state index in [0.717, 1.165) is 11.3 Å². The van der Waals surface area contributed by atoms with Crippen molar-refractivity contribution in [2.24, 2.45) is 0 Å². The number of nitrogens with zero attached hydrogens (tertiary/aromatic N) is 3. The van der Waals surface area contributed by atoms with Gasteiger partial charge < -0.3 is 24.1 Å². The summed E-state index contributed by atoms with van der Waals surface area (Å²) in [5.74, 6) is -0.510. The number of halogens is 1. The Labute approximate surface area is 272 Å². The van der Waals surface area contributed by atoms with Crippen molar-refractivity contribution in [3.8, 4) is 23.0 Å². The van der Waals surface area contributed by atoms with Gasteiger partial charge in [0.1, 0.15) is 31.4 Å². The zero-order chi connectivity index (χ0) is 32.2. The quantitative estimate of drug-likeness (QED) is 0.0488. The van der Waals surface area contributed by atoms with E-state index >= 15 is 0 Å². The monoisotopic (exact) mass is 661 g/mol. The van der Waals surface area contributed by atoms with E-state index in [1.807, 2.05) is 6.92 Å². The van der Waals surface area contributed by atoms with Gasteiger partial charge in [0.2, 0.25) is 5.13 Å². The standard InChI is InChI=1S/C33H28FN3O7S2/c1-3-13-42-23-11-9-19(16-25(23)41-4-2)28-27(29(38)20-10-12-24-26(17-20)44-15-14-43-24)30(39)31(40)37(28)32-35-36-33(46-32)45-18-21-7-5-6-8-22(21)34/h3,5-12,16-17,28,38H,1,4,13-15,18H2,2H3/b29-27+. The van der Waals surface area contributed by atoms with Crippen LogP contribution in [0.25, 0.3) is 5.76 Å². The smallest absolute Gasteiger partial charge is 0.301 e. The van der Waals surface area contributed by atoms with Gasteiger partial charge in [-0.25, -0.2) is 4.39 Å². The molecule has 2 aliphatic rings. The molecule has 3 heterocycles. The number of ketones is 1. The van der Waals surface area contributed by atoms with E-state index in [0.29, 0.717) is 58.3 Å². The second kappa shape index (κ2) is 13.6. The van der Waals surface area contributed by atoms with Crippen molar-refractivity contribution >= 4 is 45.7 Å². The third-order valence-corrected chi connectivity index (χ3v) is 9.22. The third-order valence-electron chi connectivity index (χ3n) is 7.11. The highest BCUT2D eigenvalue weighted by atomic mass is 32.2. The first kappa shape index (κ1) is 31.1. The van der Waals surface area contributed by atoms with Crippen molar-refractivity contribution in [2.45, 2.75) is 23.1 Å². The zero-order valence-corrected chi connectivity index (χ0v) is 26.2. The first-order chi connectivity index (χ1) is 22.4. The lowest BCUT2D eigenvalue weighted by molar-refractivity contribution is -0.132. The van der Waals surface area contributed by atoms with Gasteiger partial charge in [0.25, 0.3) is 5.78 Å². The van der Waals surface area contributed by atoms with Gasteiger partial charge in [-0.1, -0.05) is 60.0 Å². The zero-order valence-electron chi connectivity index (χ0n) is 24.6. The molecule has 46 heavy (non-hydrogen) atoms. The van der Waals surface area contributed by atoms with Gasteiger partial charge >= 0.3 is 5.91 Å². The molecule has 2 aliphatic heterocycles. The van der Waals surface area contributed by atoms with E-state index in [9.17, 15) is 19.1 Å². The average molecular weight is 662 g/mol. The number of carbonyl (C=O) groups excluding carboxylic acids is 2. The van der Waals surface area contributed by atoms with Crippen LogP contribution in [0, 0.1) is 5.82 Å². The number of ether oxygens (including phenoxy) is 4. The molecule has 1 aromatic heterocycles. The molecule has 4 aromatic rings. The summed E-state index contributed by atoms with van der Waals surface area (Å²) in [5.41, 5.74) is 1.07. The summed E-state index contributed by atoms with van der Waals surface area (Å²) in [6.07, 6.45) is 1.60. The number of benzene rings is 3. The molecule has 236 valence electrons. The number of Topliss-reactive ketones (excluding diaryl/α,β-unsaturated/α-hetero) is 1. The van der Waals surface area contributed by atoms with Crippen LogP contribution in [0.2, 0.25) is 0 Å². The predicted octanol–water partition coefficient (Wildman–Crippen LogP) is 6.33. The Morgan fingerprint density at radius 3 is 2.67 bits per heavy atom. The first-order valence-corrected chi connectivity index (χ1v) is 16.1. The van der Waals surface area contributed by atoms with Crippen molar-refractivity contribution in [2.75, 3.05) is 31.3 Å². The molecule has 1 fully saturated rings. The number of fused-ring (bicyclic) bond motifs is 1. The lowest BCUT2D eigenvalue weighted by atomic mass is 9.95. The molecule has 6 rings (SSSR count). The molecule has 1 unspecified atom stereocenters. The largest absolute Gasteiger partial charge is 0.507 e. The van der Waals surface area contributed by atoms with Gasteiger partial charge in [0.15, 0.2) is 27.3 Å². The molecule has 1 amide bonds. The Balaban J connectivity index is 1.43. The summed E-state index contributed by atoms with van der Waals surface area (Å²) in [4.78, 5) is 28.7. The Morgan fingerprint density at radius 2 is 1.89 bits per heavy atom. The number of carbonyl (C=O) groups is 2. The minimum atomic E-state index is -1.10. The summed E-state index contributed by atoms with van der Waals surface area (Å²) in [5, 5.41) is 20.2. The van der Waals surface area contributed by atoms with Crippen molar-refractivity contribution in [1.82, 2.24) is 10.2 Å². The summed E-state index contributed by atoms with van der Waals surface area (Å²) < 4.78 is 37.6. The molecule has 0 spiro atoms. The van der Waals surface area contributed by atoms with E-state index in [-0.39, 0.29) is 34.4 Å². The predicted molar refractivity (Wildman–Crippen MR) is 171 cm³/mol. The molecule has 0 saturated carbocycles. The maximum absolute atomic E-state index is 14.2. The highest BCUT2D eigenvalue weighted by molar-refractivity contribution is 8.00. The highest BCUT2D eigenvalue weighted by Gasteiger charge is 2.48. The molecule has 3 aromatic carbocycles. The van der Waals surface area contributed by atoms with E-state index in [1.165, 1.54) is 22.7 Å². The van der Waals surface area contributed by atoms with Crippen LogP contribution in [0.15, 0.2) is 83.2 Å². The average Bonchev–Trinajstić information content (AvgIpc) is 3.64. The van der Waals surface area contributed by atoms with Crippen LogP contribution in [0.1, 0.15) is 29.7 Å².